The van der Waals surface area contributed by atoms with E-state index in [0.29, 0.717) is 30.8 Å². The van der Waals surface area contributed by atoms with Gasteiger partial charge >= 0.3 is 0 Å². The zero-order valence-electron chi connectivity index (χ0n) is 11.7. The van der Waals surface area contributed by atoms with Gasteiger partial charge in [-0.05, 0) is 6.42 Å². The van der Waals surface area contributed by atoms with Crippen LogP contribution < -0.4 is 5.73 Å². The number of carbonyl (C=O) groups is 1. The van der Waals surface area contributed by atoms with Crippen LogP contribution in [0.1, 0.15) is 48.7 Å². The van der Waals surface area contributed by atoms with Crippen molar-refractivity contribution < 1.29 is 4.79 Å². The van der Waals surface area contributed by atoms with Crippen molar-refractivity contribution in [2.45, 2.75) is 45.6 Å². The van der Waals surface area contributed by atoms with Gasteiger partial charge in [-0.25, -0.2) is 4.68 Å². The lowest BCUT2D eigenvalue weighted by molar-refractivity contribution is 0.0979. The number of rotatable bonds is 9. The normalized spacial score (nSPS) is 10.4. The number of anilines is 1. The molecule has 2 N–H and O–H groups in total. The van der Waals surface area contributed by atoms with Gasteiger partial charge in [-0.2, -0.15) is 5.10 Å². The smallest absolute Gasteiger partial charge is 0.168 e. The molecule has 19 heavy (non-hydrogen) atoms. The Morgan fingerprint density at radius 3 is 2.68 bits per heavy atom. The number of Topliss-reactive ketones (excluding diaryl/α,β-unsaturated/α-hetero) is 1. The Hall–Kier alpha value is -1.84. The minimum Gasteiger partial charge on any atom is -0.383 e. The van der Waals surface area contributed by atoms with E-state index in [1.54, 1.807) is 16.8 Å². The molecule has 0 saturated heterocycles. The first kappa shape index (κ1) is 15.2. The van der Waals surface area contributed by atoms with Crippen molar-refractivity contribution in [3.8, 4) is 0 Å². The number of allylic oxidation sites excluding steroid dienone is 2. The maximum atomic E-state index is 12.3. The number of ketones is 1. The van der Waals surface area contributed by atoms with Crippen molar-refractivity contribution in [3.63, 3.8) is 0 Å². The maximum absolute atomic E-state index is 12.3. The topological polar surface area (TPSA) is 60.9 Å². The average molecular weight is 261 g/mol. The second-order valence-corrected chi connectivity index (χ2v) is 4.55. The Balaban J connectivity index is 2.98. The summed E-state index contributed by atoms with van der Waals surface area (Å²) in [5.74, 6) is 0.524. The highest BCUT2D eigenvalue weighted by molar-refractivity contribution is 6.01. The minimum atomic E-state index is 0.0816. The third-order valence-corrected chi connectivity index (χ3v) is 2.99. The molecular weight excluding hydrogens is 238 g/mol. The van der Waals surface area contributed by atoms with E-state index in [0.717, 1.165) is 25.0 Å². The SMILES string of the molecule is C=CCc1nn(CC=C)c(N)c1C(=O)CCCCC. The van der Waals surface area contributed by atoms with Crippen LogP contribution in [0, 0.1) is 0 Å². The van der Waals surface area contributed by atoms with Crippen molar-refractivity contribution in [1.29, 1.82) is 0 Å². The molecular formula is C15H23N3O. The van der Waals surface area contributed by atoms with Gasteiger partial charge in [0.15, 0.2) is 5.78 Å². The monoisotopic (exact) mass is 261 g/mol. The van der Waals surface area contributed by atoms with E-state index in [9.17, 15) is 4.79 Å². The fourth-order valence-corrected chi connectivity index (χ4v) is 2.03. The molecule has 0 atom stereocenters. The number of hydrogen-bond acceptors (Lipinski definition) is 3. The second-order valence-electron chi connectivity index (χ2n) is 4.55. The van der Waals surface area contributed by atoms with Crippen LogP contribution in [-0.4, -0.2) is 15.6 Å². The molecule has 1 aromatic rings. The molecule has 0 amide bonds. The molecule has 1 heterocycles. The van der Waals surface area contributed by atoms with E-state index >= 15 is 0 Å². The molecule has 1 aromatic heterocycles. The van der Waals surface area contributed by atoms with Gasteiger partial charge in [-0.3, -0.25) is 4.79 Å². The van der Waals surface area contributed by atoms with Gasteiger partial charge in [0.2, 0.25) is 0 Å². The quantitative estimate of drug-likeness (QED) is 0.422. The van der Waals surface area contributed by atoms with Gasteiger partial charge in [0.1, 0.15) is 5.82 Å². The number of hydrogen-bond donors (Lipinski definition) is 1. The van der Waals surface area contributed by atoms with Crippen LogP contribution in [0.15, 0.2) is 25.3 Å². The highest BCUT2D eigenvalue weighted by atomic mass is 16.1. The molecule has 0 aliphatic heterocycles. The van der Waals surface area contributed by atoms with Gasteiger partial charge in [0.25, 0.3) is 0 Å². The van der Waals surface area contributed by atoms with Crippen molar-refractivity contribution in [1.82, 2.24) is 9.78 Å². The molecule has 0 spiro atoms. The Kier molecular flexibility index (Phi) is 6.06. The summed E-state index contributed by atoms with van der Waals surface area (Å²) in [5.41, 5.74) is 7.31. The molecule has 104 valence electrons. The lowest BCUT2D eigenvalue weighted by Crippen LogP contribution is -2.07. The summed E-state index contributed by atoms with van der Waals surface area (Å²) in [7, 11) is 0. The molecule has 1 rings (SSSR count). The Morgan fingerprint density at radius 1 is 1.37 bits per heavy atom. The maximum Gasteiger partial charge on any atom is 0.168 e. The van der Waals surface area contributed by atoms with Crippen LogP contribution in [0.3, 0.4) is 0 Å². The van der Waals surface area contributed by atoms with Crippen molar-refractivity contribution in [2.24, 2.45) is 0 Å². The van der Waals surface area contributed by atoms with Crippen LogP contribution in [0.25, 0.3) is 0 Å². The molecule has 0 fully saturated rings. The summed E-state index contributed by atoms with van der Waals surface area (Å²) in [4.78, 5) is 12.3. The van der Waals surface area contributed by atoms with Crippen LogP contribution >= 0.6 is 0 Å². The summed E-state index contributed by atoms with van der Waals surface area (Å²) in [6.45, 7) is 9.99. The summed E-state index contributed by atoms with van der Waals surface area (Å²) >= 11 is 0. The standard InChI is InChI=1S/C15H23N3O/c1-4-7-8-10-13(19)14-12(9-5-2)17-18(11-6-3)15(14)16/h5-6H,2-4,7-11,16H2,1H3. The van der Waals surface area contributed by atoms with Gasteiger partial charge in [-0.15, -0.1) is 13.2 Å². The van der Waals surface area contributed by atoms with Crippen molar-refractivity contribution in [3.05, 3.63) is 36.6 Å². The number of nitrogen functional groups attached to an aromatic ring is 1. The molecule has 4 nitrogen and oxygen atoms in total. The Labute approximate surface area is 115 Å². The summed E-state index contributed by atoms with van der Waals surface area (Å²) < 4.78 is 1.62. The first-order valence-corrected chi connectivity index (χ1v) is 6.75. The number of aromatic nitrogens is 2. The lowest BCUT2D eigenvalue weighted by Gasteiger charge is -2.02. The highest BCUT2D eigenvalue weighted by Gasteiger charge is 2.20. The second kappa shape index (κ2) is 7.56. The summed E-state index contributed by atoms with van der Waals surface area (Å²) in [6.07, 6.45) is 7.59. The fourth-order valence-electron chi connectivity index (χ4n) is 2.03. The predicted octanol–water partition coefficient (Wildman–Crippen LogP) is 3.14. The average Bonchev–Trinajstić information content (AvgIpc) is 2.67. The van der Waals surface area contributed by atoms with Crippen LogP contribution in [0.4, 0.5) is 5.82 Å². The van der Waals surface area contributed by atoms with E-state index in [4.69, 9.17) is 5.73 Å². The van der Waals surface area contributed by atoms with Gasteiger partial charge in [-0.1, -0.05) is 31.9 Å². The zero-order chi connectivity index (χ0) is 14.3. The summed E-state index contributed by atoms with van der Waals surface area (Å²) in [6, 6.07) is 0. The largest absolute Gasteiger partial charge is 0.383 e. The van der Waals surface area contributed by atoms with Crippen LogP contribution in [0.2, 0.25) is 0 Å². The first-order valence-electron chi connectivity index (χ1n) is 6.75. The van der Waals surface area contributed by atoms with Crippen molar-refractivity contribution >= 4 is 11.6 Å². The third-order valence-electron chi connectivity index (χ3n) is 2.99. The Bertz CT molecular complexity index is 460. The van der Waals surface area contributed by atoms with Gasteiger partial charge in [0.05, 0.1) is 17.8 Å². The number of carbonyl (C=O) groups excluding carboxylic acids is 1. The third kappa shape index (κ3) is 3.81. The minimum absolute atomic E-state index is 0.0816. The van der Waals surface area contributed by atoms with E-state index in [1.807, 2.05) is 0 Å². The van der Waals surface area contributed by atoms with Gasteiger partial charge in [0, 0.05) is 12.8 Å². The molecule has 0 aliphatic carbocycles. The molecule has 0 unspecified atom stereocenters. The Morgan fingerprint density at radius 2 is 2.11 bits per heavy atom. The van der Waals surface area contributed by atoms with Crippen molar-refractivity contribution in [2.75, 3.05) is 5.73 Å². The molecule has 0 aromatic carbocycles. The summed E-state index contributed by atoms with van der Waals surface area (Å²) in [5, 5.41) is 4.37. The number of unbranched alkanes of at least 4 members (excludes halogenated alkanes) is 2. The molecule has 0 radical (unpaired) electrons. The number of nitrogens with two attached hydrogens (primary N) is 1. The lowest BCUT2D eigenvalue weighted by atomic mass is 10.0. The molecule has 4 heteroatoms. The van der Waals surface area contributed by atoms with Crippen LogP contribution in [0.5, 0.6) is 0 Å². The zero-order valence-corrected chi connectivity index (χ0v) is 11.7. The van der Waals surface area contributed by atoms with Gasteiger partial charge < -0.3 is 5.73 Å². The fraction of sp³-hybridized carbons (Fsp3) is 0.467. The molecule has 0 saturated carbocycles. The van der Waals surface area contributed by atoms with Crippen LogP contribution in [-0.2, 0) is 13.0 Å². The molecule has 0 bridgehead atoms. The number of nitrogens with zero attached hydrogens (tertiary/aromatic N) is 2. The van der Waals surface area contributed by atoms with E-state index in [2.05, 4.69) is 25.2 Å². The molecule has 0 aliphatic rings. The van der Waals surface area contributed by atoms with E-state index in [-0.39, 0.29) is 5.78 Å². The highest BCUT2D eigenvalue weighted by Crippen LogP contribution is 2.21. The predicted molar refractivity (Wildman–Crippen MR) is 79.2 cm³/mol. The first-order chi connectivity index (χ1) is 9.15. The van der Waals surface area contributed by atoms with E-state index < -0.39 is 0 Å². The van der Waals surface area contributed by atoms with E-state index in [1.165, 1.54) is 0 Å².